The molecule has 0 spiro atoms. The van der Waals surface area contributed by atoms with Gasteiger partial charge in [-0.2, -0.15) is 0 Å². The third-order valence-corrected chi connectivity index (χ3v) is 2.73. The highest BCUT2D eigenvalue weighted by atomic mass is 35.5. The molecule has 20 heavy (non-hydrogen) atoms. The largest absolute Gasteiger partial charge is 0.480 e. The molecule has 0 aliphatic rings. The van der Waals surface area contributed by atoms with Crippen LogP contribution in [0.2, 0.25) is 5.02 Å². The standard InChI is InChI=1S/C12H13ClN2O5/c1-2-5-14(7-11(16)17)12(18)9-4-3-8(13)6-10(9)15(19)20/h3-4,6H,2,5,7H2,1H3,(H,16,17). The lowest BCUT2D eigenvalue weighted by molar-refractivity contribution is -0.385. The summed E-state index contributed by atoms with van der Waals surface area (Å²) >= 11 is 5.67. The number of halogens is 1. The molecule has 1 amide bonds. The molecule has 0 aromatic heterocycles. The Morgan fingerprint density at radius 1 is 1.45 bits per heavy atom. The number of hydrogen-bond donors (Lipinski definition) is 1. The van der Waals surface area contributed by atoms with E-state index in [1.165, 1.54) is 12.1 Å². The summed E-state index contributed by atoms with van der Waals surface area (Å²) in [5.41, 5.74) is -0.608. The van der Waals surface area contributed by atoms with E-state index >= 15 is 0 Å². The van der Waals surface area contributed by atoms with Crippen LogP contribution in [0.15, 0.2) is 18.2 Å². The minimum Gasteiger partial charge on any atom is -0.480 e. The maximum atomic E-state index is 12.2. The quantitative estimate of drug-likeness (QED) is 0.641. The average molecular weight is 301 g/mol. The predicted molar refractivity (Wildman–Crippen MR) is 71.9 cm³/mol. The molecule has 0 atom stereocenters. The molecule has 0 bridgehead atoms. The molecular formula is C12H13ClN2O5. The molecule has 0 radical (unpaired) electrons. The van der Waals surface area contributed by atoms with E-state index in [0.29, 0.717) is 6.42 Å². The van der Waals surface area contributed by atoms with E-state index < -0.39 is 29.0 Å². The maximum Gasteiger partial charge on any atom is 0.323 e. The number of carbonyl (C=O) groups excluding carboxylic acids is 1. The molecule has 8 heteroatoms. The minimum atomic E-state index is -1.18. The normalized spacial score (nSPS) is 10.1. The number of nitro groups is 1. The van der Waals surface area contributed by atoms with Gasteiger partial charge >= 0.3 is 5.97 Å². The molecule has 0 aliphatic heterocycles. The van der Waals surface area contributed by atoms with E-state index in [0.717, 1.165) is 11.0 Å². The van der Waals surface area contributed by atoms with E-state index in [1.54, 1.807) is 6.92 Å². The summed E-state index contributed by atoms with van der Waals surface area (Å²) in [6.45, 7) is 1.47. The molecule has 1 N–H and O–H groups in total. The Morgan fingerprint density at radius 2 is 2.10 bits per heavy atom. The number of aliphatic carboxylic acids is 1. The first-order chi connectivity index (χ1) is 9.36. The summed E-state index contributed by atoms with van der Waals surface area (Å²) in [5, 5.41) is 19.9. The molecule has 7 nitrogen and oxygen atoms in total. The summed E-state index contributed by atoms with van der Waals surface area (Å²) in [5.74, 6) is -1.87. The van der Waals surface area contributed by atoms with Crippen molar-refractivity contribution in [3.63, 3.8) is 0 Å². The second kappa shape index (κ2) is 6.85. The van der Waals surface area contributed by atoms with Crippen LogP contribution in [0.4, 0.5) is 5.69 Å². The molecule has 1 aromatic carbocycles. The van der Waals surface area contributed by atoms with Gasteiger partial charge in [0, 0.05) is 17.6 Å². The minimum absolute atomic E-state index is 0.133. The zero-order chi connectivity index (χ0) is 15.3. The fourth-order valence-electron chi connectivity index (χ4n) is 1.69. The predicted octanol–water partition coefficient (Wildman–Crippen LogP) is 2.18. The molecule has 1 aromatic rings. The Balaban J connectivity index is 3.17. The summed E-state index contributed by atoms with van der Waals surface area (Å²) in [4.78, 5) is 34.2. The van der Waals surface area contributed by atoms with E-state index in [1.807, 2.05) is 0 Å². The topological polar surface area (TPSA) is 101 Å². The van der Waals surface area contributed by atoms with Crippen LogP contribution in [-0.4, -0.2) is 39.9 Å². The second-order valence-corrected chi connectivity index (χ2v) is 4.48. The average Bonchev–Trinajstić information content (AvgIpc) is 2.36. The summed E-state index contributed by atoms with van der Waals surface area (Å²) in [7, 11) is 0. The van der Waals surface area contributed by atoms with E-state index in [4.69, 9.17) is 16.7 Å². The van der Waals surface area contributed by atoms with Crippen LogP contribution >= 0.6 is 11.6 Å². The zero-order valence-corrected chi connectivity index (χ0v) is 11.5. The van der Waals surface area contributed by atoms with Crippen LogP contribution in [0.1, 0.15) is 23.7 Å². The Hall–Kier alpha value is -2.15. The van der Waals surface area contributed by atoms with Crippen LogP contribution in [0, 0.1) is 10.1 Å². The van der Waals surface area contributed by atoms with E-state index in [9.17, 15) is 19.7 Å². The van der Waals surface area contributed by atoms with Gasteiger partial charge in [-0.05, 0) is 18.6 Å². The number of benzene rings is 1. The molecule has 0 saturated heterocycles. The number of amides is 1. The smallest absolute Gasteiger partial charge is 0.323 e. The van der Waals surface area contributed by atoms with Crippen molar-refractivity contribution in [1.29, 1.82) is 0 Å². The lowest BCUT2D eigenvalue weighted by Gasteiger charge is -2.19. The van der Waals surface area contributed by atoms with Crippen molar-refractivity contribution in [2.45, 2.75) is 13.3 Å². The van der Waals surface area contributed by atoms with Gasteiger partial charge in [0.1, 0.15) is 12.1 Å². The molecule has 1 rings (SSSR count). The molecule has 0 fully saturated rings. The number of nitro benzene ring substituents is 1. The van der Waals surface area contributed by atoms with E-state index in [-0.39, 0.29) is 17.1 Å². The Bertz CT molecular complexity index is 547. The van der Waals surface area contributed by atoms with Gasteiger partial charge in [0.2, 0.25) is 0 Å². The highest BCUT2D eigenvalue weighted by Gasteiger charge is 2.25. The van der Waals surface area contributed by atoms with Crippen LogP contribution in [-0.2, 0) is 4.79 Å². The summed E-state index contributed by atoms with van der Waals surface area (Å²) in [6, 6.07) is 3.65. The molecule has 0 heterocycles. The maximum absolute atomic E-state index is 12.2. The lowest BCUT2D eigenvalue weighted by atomic mass is 10.1. The Morgan fingerprint density at radius 3 is 2.60 bits per heavy atom. The molecular weight excluding hydrogens is 288 g/mol. The third kappa shape index (κ3) is 3.92. The van der Waals surface area contributed by atoms with Crippen molar-refractivity contribution >= 4 is 29.2 Å². The SMILES string of the molecule is CCCN(CC(=O)O)C(=O)c1ccc(Cl)cc1[N+](=O)[O-]. The van der Waals surface area contributed by atoms with Gasteiger partial charge in [-0.1, -0.05) is 18.5 Å². The van der Waals surface area contributed by atoms with Gasteiger partial charge in [-0.3, -0.25) is 19.7 Å². The van der Waals surface area contributed by atoms with Crippen LogP contribution < -0.4 is 0 Å². The van der Waals surface area contributed by atoms with Crippen molar-refractivity contribution in [2.24, 2.45) is 0 Å². The third-order valence-electron chi connectivity index (χ3n) is 2.49. The van der Waals surface area contributed by atoms with Crippen LogP contribution in [0.5, 0.6) is 0 Å². The number of carboxylic acids is 1. The number of rotatable bonds is 6. The molecule has 0 aliphatic carbocycles. The highest BCUT2D eigenvalue weighted by molar-refractivity contribution is 6.31. The summed E-state index contributed by atoms with van der Waals surface area (Å²) < 4.78 is 0. The van der Waals surface area contributed by atoms with Gasteiger partial charge in [0.15, 0.2) is 0 Å². The molecule has 0 saturated carbocycles. The summed E-state index contributed by atoms with van der Waals surface area (Å²) in [6.07, 6.45) is 0.542. The van der Waals surface area contributed by atoms with Crippen molar-refractivity contribution in [3.05, 3.63) is 38.9 Å². The second-order valence-electron chi connectivity index (χ2n) is 4.04. The number of hydrogen-bond acceptors (Lipinski definition) is 4. The number of nitrogens with zero attached hydrogens (tertiary/aromatic N) is 2. The molecule has 0 unspecified atom stereocenters. The fraction of sp³-hybridized carbons (Fsp3) is 0.333. The van der Waals surface area contributed by atoms with Crippen LogP contribution in [0.25, 0.3) is 0 Å². The first kappa shape index (κ1) is 15.9. The van der Waals surface area contributed by atoms with Gasteiger partial charge in [-0.25, -0.2) is 0 Å². The van der Waals surface area contributed by atoms with Gasteiger partial charge in [-0.15, -0.1) is 0 Å². The first-order valence-electron chi connectivity index (χ1n) is 5.81. The van der Waals surface area contributed by atoms with Crippen molar-refractivity contribution < 1.29 is 19.6 Å². The van der Waals surface area contributed by atoms with Gasteiger partial charge < -0.3 is 10.0 Å². The zero-order valence-electron chi connectivity index (χ0n) is 10.7. The monoisotopic (exact) mass is 300 g/mol. The number of carbonyl (C=O) groups is 2. The Kier molecular flexibility index (Phi) is 5.45. The number of carboxylic acid groups (broad SMARTS) is 1. The van der Waals surface area contributed by atoms with Crippen molar-refractivity contribution in [3.8, 4) is 0 Å². The van der Waals surface area contributed by atoms with E-state index in [2.05, 4.69) is 0 Å². The molecule has 108 valence electrons. The van der Waals surface area contributed by atoms with Gasteiger partial charge in [0.05, 0.1) is 4.92 Å². The fourth-order valence-corrected chi connectivity index (χ4v) is 1.86. The van der Waals surface area contributed by atoms with Crippen molar-refractivity contribution in [2.75, 3.05) is 13.1 Å². The lowest BCUT2D eigenvalue weighted by Crippen LogP contribution is -2.36. The first-order valence-corrected chi connectivity index (χ1v) is 6.19. The Labute approximate surface area is 119 Å². The van der Waals surface area contributed by atoms with Crippen molar-refractivity contribution in [1.82, 2.24) is 4.90 Å². The highest BCUT2D eigenvalue weighted by Crippen LogP contribution is 2.24. The van der Waals surface area contributed by atoms with Gasteiger partial charge in [0.25, 0.3) is 11.6 Å². The van der Waals surface area contributed by atoms with Crippen LogP contribution in [0.3, 0.4) is 0 Å².